The summed E-state index contributed by atoms with van der Waals surface area (Å²) in [5, 5.41) is 6.38. The molecule has 0 atom stereocenters. The van der Waals surface area contributed by atoms with Crippen LogP contribution < -0.4 is 15.5 Å². The molecule has 2 N–H and O–H groups in total. The van der Waals surface area contributed by atoms with Crippen LogP contribution in [-0.4, -0.2) is 85.7 Å². The van der Waals surface area contributed by atoms with E-state index in [-0.39, 0.29) is 0 Å². The standard InChI is InChI=1S/C11H15N5.C10H15N5.C9H13N5/c1-7(2)16-6-14-9-10(15-8-3-4-8)12-5-13-11(9)16;1-7(2)15-6-13-8-9(14(3)4)11-5-12-10(8)15;1-6(2)14-5-13-7-8(10-3)11-4-12-9(7)14/h5-8H,3-4H2,1-2H3,(H,12,13,15);5-7H,1-4H3;4-6H,1-3H3,(H,10,11,12). The Kier molecular flexibility index (Phi) is 9.34. The van der Waals surface area contributed by atoms with E-state index < -0.39 is 0 Å². The second kappa shape index (κ2) is 13.4. The lowest BCUT2D eigenvalue weighted by molar-refractivity contribution is 0.612. The Hall–Kier alpha value is -4.95. The molecule has 15 nitrogen and oxygen atoms in total. The zero-order chi connectivity index (χ0) is 32.2. The monoisotopic (exact) mass is 613 g/mol. The van der Waals surface area contributed by atoms with E-state index in [9.17, 15) is 0 Å². The molecule has 6 aromatic heterocycles. The predicted octanol–water partition coefficient (Wildman–Crippen LogP) is 4.90. The van der Waals surface area contributed by atoms with Gasteiger partial charge in [0, 0.05) is 45.3 Å². The molecule has 1 saturated carbocycles. The number of nitrogens with one attached hydrogen (secondary N) is 2. The summed E-state index contributed by atoms with van der Waals surface area (Å²) in [4.78, 5) is 40.4. The van der Waals surface area contributed by atoms with Crippen LogP contribution in [0.2, 0.25) is 0 Å². The number of hydrogen-bond donors (Lipinski definition) is 2. The SMILES string of the molecule is CC(C)n1cnc2c(N(C)C)ncnc21.CC(C)n1cnc2c(NC3CC3)ncnc21.CNc1ncnc2c1ncn2C(C)C. The van der Waals surface area contributed by atoms with Crippen LogP contribution in [0.5, 0.6) is 0 Å². The van der Waals surface area contributed by atoms with Crippen LogP contribution >= 0.6 is 0 Å². The van der Waals surface area contributed by atoms with Crippen molar-refractivity contribution in [1.29, 1.82) is 0 Å². The van der Waals surface area contributed by atoms with Crippen molar-refractivity contribution >= 4 is 50.9 Å². The Morgan fingerprint density at radius 1 is 0.600 bits per heavy atom. The van der Waals surface area contributed by atoms with E-state index in [0.717, 1.165) is 50.9 Å². The van der Waals surface area contributed by atoms with Gasteiger partial charge in [0.2, 0.25) is 0 Å². The van der Waals surface area contributed by atoms with Crippen LogP contribution in [0.15, 0.2) is 38.0 Å². The van der Waals surface area contributed by atoms with E-state index in [1.54, 1.807) is 25.3 Å². The highest BCUT2D eigenvalue weighted by Gasteiger charge is 2.23. The molecule has 1 aliphatic rings. The minimum absolute atomic E-state index is 0.361. The van der Waals surface area contributed by atoms with Crippen molar-refractivity contribution in [2.75, 3.05) is 36.7 Å². The third kappa shape index (κ3) is 6.76. The highest BCUT2D eigenvalue weighted by molar-refractivity contribution is 5.84. The van der Waals surface area contributed by atoms with Crippen molar-refractivity contribution in [2.24, 2.45) is 0 Å². The molecule has 0 aliphatic heterocycles. The number of imidazole rings is 3. The second-order valence-electron chi connectivity index (χ2n) is 12.0. The summed E-state index contributed by atoms with van der Waals surface area (Å²) in [6.45, 7) is 12.7. The van der Waals surface area contributed by atoms with Crippen LogP contribution in [0.3, 0.4) is 0 Å². The summed E-state index contributed by atoms with van der Waals surface area (Å²) >= 11 is 0. The van der Waals surface area contributed by atoms with Crippen molar-refractivity contribution in [1.82, 2.24) is 58.6 Å². The van der Waals surface area contributed by atoms with Gasteiger partial charge in [-0.1, -0.05) is 0 Å². The molecule has 6 heterocycles. The number of nitrogens with zero attached hydrogens (tertiary/aromatic N) is 13. The molecular weight excluding hydrogens is 570 g/mol. The van der Waals surface area contributed by atoms with E-state index in [1.165, 1.54) is 12.8 Å². The molecule has 0 radical (unpaired) electrons. The van der Waals surface area contributed by atoms with Crippen molar-refractivity contribution in [3.05, 3.63) is 38.0 Å². The first-order chi connectivity index (χ1) is 21.6. The normalized spacial score (nSPS) is 12.9. The van der Waals surface area contributed by atoms with Crippen LogP contribution in [0.4, 0.5) is 17.5 Å². The number of anilines is 3. The molecule has 1 fully saturated rings. The number of rotatable bonds is 7. The molecule has 238 valence electrons. The Labute approximate surface area is 262 Å². The Balaban J connectivity index is 0.000000134. The smallest absolute Gasteiger partial charge is 0.165 e. The lowest BCUT2D eigenvalue weighted by atomic mass is 10.4. The maximum absolute atomic E-state index is 4.40. The van der Waals surface area contributed by atoms with E-state index in [2.05, 4.69) is 102 Å². The minimum Gasteiger partial charge on any atom is -0.371 e. The maximum atomic E-state index is 4.40. The van der Waals surface area contributed by atoms with Crippen LogP contribution in [-0.2, 0) is 0 Å². The topological polar surface area (TPSA) is 158 Å². The van der Waals surface area contributed by atoms with Crippen molar-refractivity contribution in [2.45, 2.75) is 78.6 Å². The third-order valence-corrected chi connectivity index (χ3v) is 7.30. The van der Waals surface area contributed by atoms with Crippen LogP contribution in [0, 0.1) is 0 Å². The first-order valence-electron chi connectivity index (χ1n) is 15.2. The molecule has 7 rings (SSSR count). The molecule has 0 saturated heterocycles. The van der Waals surface area contributed by atoms with Gasteiger partial charge in [0.25, 0.3) is 0 Å². The molecule has 0 spiro atoms. The number of aromatic nitrogens is 12. The highest BCUT2D eigenvalue weighted by Crippen LogP contribution is 2.27. The largest absolute Gasteiger partial charge is 0.371 e. The average Bonchev–Trinajstić information content (AvgIpc) is 3.38. The summed E-state index contributed by atoms with van der Waals surface area (Å²) in [7, 11) is 5.74. The fraction of sp³-hybridized carbons (Fsp3) is 0.500. The fourth-order valence-corrected chi connectivity index (χ4v) is 4.71. The van der Waals surface area contributed by atoms with Gasteiger partial charge in [0.05, 0.1) is 19.0 Å². The van der Waals surface area contributed by atoms with Gasteiger partial charge in [-0.05, 0) is 54.4 Å². The van der Waals surface area contributed by atoms with Gasteiger partial charge in [-0.2, -0.15) is 0 Å². The van der Waals surface area contributed by atoms with Gasteiger partial charge in [-0.15, -0.1) is 0 Å². The van der Waals surface area contributed by atoms with Crippen molar-refractivity contribution in [3.8, 4) is 0 Å². The molecule has 0 amide bonds. The second-order valence-corrected chi connectivity index (χ2v) is 12.0. The first-order valence-corrected chi connectivity index (χ1v) is 15.2. The van der Waals surface area contributed by atoms with Crippen molar-refractivity contribution < 1.29 is 0 Å². The van der Waals surface area contributed by atoms with E-state index in [1.807, 2.05) is 47.8 Å². The van der Waals surface area contributed by atoms with E-state index in [4.69, 9.17) is 0 Å². The predicted molar refractivity (Wildman–Crippen MR) is 178 cm³/mol. The van der Waals surface area contributed by atoms with Crippen molar-refractivity contribution in [3.63, 3.8) is 0 Å². The molecule has 15 heteroatoms. The summed E-state index contributed by atoms with van der Waals surface area (Å²) in [5.74, 6) is 2.50. The molecule has 45 heavy (non-hydrogen) atoms. The summed E-state index contributed by atoms with van der Waals surface area (Å²) in [5.41, 5.74) is 5.24. The Bertz CT molecular complexity index is 1860. The molecule has 0 aromatic carbocycles. The van der Waals surface area contributed by atoms with Gasteiger partial charge < -0.3 is 29.2 Å². The van der Waals surface area contributed by atoms with Gasteiger partial charge in [0.15, 0.2) is 39.9 Å². The quantitative estimate of drug-likeness (QED) is 0.251. The summed E-state index contributed by atoms with van der Waals surface area (Å²) in [6.07, 6.45) is 12.7. The molecule has 1 aliphatic carbocycles. The molecule has 6 aromatic rings. The molecular formula is C30H43N15. The van der Waals surface area contributed by atoms with Gasteiger partial charge >= 0.3 is 0 Å². The number of fused-ring (bicyclic) bond motifs is 3. The average molecular weight is 614 g/mol. The first kappa shape index (κ1) is 31.5. The Morgan fingerprint density at radius 3 is 1.47 bits per heavy atom. The lowest BCUT2D eigenvalue weighted by Crippen LogP contribution is -2.11. The lowest BCUT2D eigenvalue weighted by Gasteiger charge is -2.11. The van der Waals surface area contributed by atoms with Crippen LogP contribution in [0.1, 0.15) is 72.5 Å². The molecule has 0 unspecified atom stereocenters. The summed E-state index contributed by atoms with van der Waals surface area (Å²) < 4.78 is 6.14. The van der Waals surface area contributed by atoms with Crippen LogP contribution in [0.25, 0.3) is 33.5 Å². The summed E-state index contributed by atoms with van der Waals surface area (Å²) in [6, 6.07) is 1.68. The fourth-order valence-electron chi connectivity index (χ4n) is 4.71. The Morgan fingerprint density at radius 2 is 1.02 bits per heavy atom. The van der Waals surface area contributed by atoms with Gasteiger partial charge in [-0.3, -0.25) is 0 Å². The van der Waals surface area contributed by atoms with E-state index in [0.29, 0.717) is 24.2 Å². The molecule has 0 bridgehead atoms. The maximum Gasteiger partial charge on any atom is 0.165 e. The van der Waals surface area contributed by atoms with Gasteiger partial charge in [0.1, 0.15) is 30.0 Å². The third-order valence-electron chi connectivity index (χ3n) is 7.30. The zero-order valence-corrected chi connectivity index (χ0v) is 27.5. The minimum atomic E-state index is 0.361. The zero-order valence-electron chi connectivity index (χ0n) is 27.5. The number of hydrogen-bond acceptors (Lipinski definition) is 12. The van der Waals surface area contributed by atoms with E-state index >= 15 is 0 Å². The highest BCUT2D eigenvalue weighted by atomic mass is 15.2. The van der Waals surface area contributed by atoms with Gasteiger partial charge in [-0.25, -0.2) is 44.9 Å².